The maximum atomic E-state index is 12.9. The molecule has 31 heavy (non-hydrogen) atoms. The summed E-state index contributed by atoms with van der Waals surface area (Å²) in [6.07, 6.45) is 4.44. The van der Waals surface area contributed by atoms with E-state index in [2.05, 4.69) is 44.6 Å². The van der Waals surface area contributed by atoms with Gasteiger partial charge in [0, 0.05) is 42.5 Å². The predicted molar refractivity (Wildman–Crippen MR) is 121 cm³/mol. The first kappa shape index (κ1) is 19.7. The van der Waals surface area contributed by atoms with Gasteiger partial charge >= 0.3 is 0 Å². The summed E-state index contributed by atoms with van der Waals surface area (Å²) in [6.45, 7) is 2.70. The summed E-state index contributed by atoms with van der Waals surface area (Å²) in [7, 11) is 0. The number of hydrogen-bond acceptors (Lipinski definition) is 4. The molecule has 0 bridgehead atoms. The van der Waals surface area contributed by atoms with Gasteiger partial charge in [0.25, 0.3) is 5.91 Å². The largest absolute Gasteiger partial charge is 0.347 e. The Bertz CT molecular complexity index is 1220. The highest BCUT2D eigenvalue weighted by Gasteiger charge is 2.25. The summed E-state index contributed by atoms with van der Waals surface area (Å²) in [4.78, 5) is 19.9. The standard InChI is InChI=1S/C24H22ClN5O/c25-19-8-4-7-18(13-19)21-14-26-30-12-10-22(28-23(21)30)24(31)27-20-9-11-29(16-20)15-17-5-2-1-3-6-17/h1-8,10,12-14,20H,9,11,15-16H2,(H,27,31). The fourth-order valence-corrected chi connectivity index (χ4v) is 4.24. The van der Waals surface area contributed by atoms with Crippen molar-refractivity contribution in [2.24, 2.45) is 0 Å². The number of benzene rings is 2. The first-order valence-electron chi connectivity index (χ1n) is 10.3. The SMILES string of the molecule is O=C(NC1CCN(Cc2ccccc2)C1)c1ccn2ncc(-c3cccc(Cl)c3)c2n1. The van der Waals surface area contributed by atoms with Crippen LogP contribution in [0.1, 0.15) is 22.5 Å². The van der Waals surface area contributed by atoms with Crippen molar-refractivity contribution in [3.63, 3.8) is 0 Å². The monoisotopic (exact) mass is 431 g/mol. The molecule has 7 heteroatoms. The fraction of sp³-hybridized carbons (Fsp3) is 0.208. The Morgan fingerprint density at radius 3 is 2.84 bits per heavy atom. The third-order valence-corrected chi connectivity index (χ3v) is 5.83. The number of aromatic nitrogens is 3. The molecule has 1 unspecified atom stereocenters. The Morgan fingerprint density at radius 1 is 1.13 bits per heavy atom. The van der Waals surface area contributed by atoms with E-state index in [1.807, 2.05) is 30.3 Å². The number of amides is 1. The highest BCUT2D eigenvalue weighted by molar-refractivity contribution is 6.30. The Morgan fingerprint density at radius 2 is 2.00 bits per heavy atom. The van der Waals surface area contributed by atoms with Crippen LogP contribution in [0.3, 0.4) is 0 Å². The smallest absolute Gasteiger partial charge is 0.270 e. The Balaban J connectivity index is 1.29. The number of hydrogen-bond donors (Lipinski definition) is 1. The minimum absolute atomic E-state index is 0.117. The molecule has 5 rings (SSSR count). The molecule has 1 aliphatic rings. The summed E-state index contributed by atoms with van der Waals surface area (Å²) in [5, 5.41) is 8.14. The molecule has 0 saturated carbocycles. The van der Waals surface area contributed by atoms with Gasteiger partial charge in [-0.3, -0.25) is 9.69 Å². The van der Waals surface area contributed by atoms with Crippen LogP contribution in [0.5, 0.6) is 0 Å². The van der Waals surface area contributed by atoms with E-state index in [0.29, 0.717) is 16.4 Å². The van der Waals surface area contributed by atoms with Crippen molar-refractivity contribution in [1.29, 1.82) is 0 Å². The van der Waals surface area contributed by atoms with Gasteiger partial charge in [-0.1, -0.05) is 54.1 Å². The van der Waals surface area contributed by atoms with Crippen molar-refractivity contribution in [2.75, 3.05) is 13.1 Å². The maximum absolute atomic E-state index is 12.9. The molecule has 156 valence electrons. The Labute approximate surface area is 185 Å². The van der Waals surface area contributed by atoms with Gasteiger partial charge in [-0.15, -0.1) is 0 Å². The van der Waals surface area contributed by atoms with E-state index in [-0.39, 0.29) is 11.9 Å². The van der Waals surface area contributed by atoms with E-state index < -0.39 is 0 Å². The lowest BCUT2D eigenvalue weighted by Crippen LogP contribution is -2.37. The molecule has 3 heterocycles. The van der Waals surface area contributed by atoms with Crippen LogP contribution in [0.4, 0.5) is 0 Å². The van der Waals surface area contributed by atoms with Crippen molar-refractivity contribution in [3.8, 4) is 11.1 Å². The molecular formula is C24H22ClN5O. The lowest BCUT2D eigenvalue weighted by molar-refractivity contribution is 0.0932. The van der Waals surface area contributed by atoms with E-state index in [9.17, 15) is 4.79 Å². The minimum Gasteiger partial charge on any atom is -0.347 e. The van der Waals surface area contributed by atoms with Crippen molar-refractivity contribution >= 4 is 23.2 Å². The van der Waals surface area contributed by atoms with Gasteiger partial charge in [0.15, 0.2) is 5.65 Å². The zero-order chi connectivity index (χ0) is 21.2. The molecule has 1 aliphatic heterocycles. The molecule has 4 aromatic rings. The third-order valence-electron chi connectivity index (χ3n) is 5.59. The van der Waals surface area contributed by atoms with Crippen molar-refractivity contribution in [3.05, 3.63) is 89.3 Å². The van der Waals surface area contributed by atoms with Gasteiger partial charge in [0.2, 0.25) is 0 Å². The zero-order valence-corrected chi connectivity index (χ0v) is 17.7. The second kappa shape index (κ2) is 8.49. The van der Waals surface area contributed by atoms with Crippen LogP contribution in [0.2, 0.25) is 5.02 Å². The number of likely N-dealkylation sites (tertiary alicyclic amines) is 1. The molecule has 0 radical (unpaired) electrons. The lowest BCUT2D eigenvalue weighted by atomic mass is 10.1. The number of rotatable bonds is 5. The van der Waals surface area contributed by atoms with Crippen molar-refractivity contribution < 1.29 is 4.79 Å². The molecule has 6 nitrogen and oxygen atoms in total. The van der Waals surface area contributed by atoms with Crippen LogP contribution in [-0.2, 0) is 6.54 Å². The number of carbonyl (C=O) groups is 1. The average Bonchev–Trinajstić information content (AvgIpc) is 3.40. The average molecular weight is 432 g/mol. The third kappa shape index (κ3) is 4.31. The molecular weight excluding hydrogens is 410 g/mol. The zero-order valence-electron chi connectivity index (χ0n) is 16.9. The van der Waals surface area contributed by atoms with Crippen molar-refractivity contribution in [1.82, 2.24) is 24.8 Å². The molecule has 2 aromatic heterocycles. The molecule has 0 spiro atoms. The van der Waals surface area contributed by atoms with Gasteiger partial charge in [0.05, 0.1) is 6.20 Å². The van der Waals surface area contributed by atoms with E-state index >= 15 is 0 Å². The fourth-order valence-electron chi connectivity index (χ4n) is 4.05. The number of carbonyl (C=O) groups excluding carboxylic acids is 1. The van der Waals surface area contributed by atoms with Crippen LogP contribution in [0.15, 0.2) is 73.1 Å². The van der Waals surface area contributed by atoms with Crippen LogP contribution in [0, 0.1) is 0 Å². The van der Waals surface area contributed by atoms with Gasteiger partial charge in [-0.25, -0.2) is 9.50 Å². The molecule has 1 atom stereocenters. The first-order valence-corrected chi connectivity index (χ1v) is 10.7. The Hall–Kier alpha value is -3.22. The molecule has 1 fully saturated rings. The van der Waals surface area contributed by atoms with Crippen LogP contribution >= 0.6 is 11.6 Å². The number of fused-ring (bicyclic) bond motifs is 1. The Kier molecular flexibility index (Phi) is 5.40. The molecule has 1 amide bonds. The van der Waals surface area contributed by atoms with E-state index in [1.165, 1.54) is 5.56 Å². The second-order valence-electron chi connectivity index (χ2n) is 7.83. The molecule has 2 aromatic carbocycles. The number of halogens is 1. The number of nitrogens with zero attached hydrogens (tertiary/aromatic N) is 4. The predicted octanol–water partition coefficient (Wildman–Crippen LogP) is 4.05. The topological polar surface area (TPSA) is 62.5 Å². The van der Waals surface area contributed by atoms with Crippen LogP contribution in [0.25, 0.3) is 16.8 Å². The lowest BCUT2D eigenvalue weighted by Gasteiger charge is -2.16. The first-order chi connectivity index (χ1) is 15.2. The minimum atomic E-state index is -0.160. The number of nitrogens with one attached hydrogen (secondary N) is 1. The van der Waals surface area contributed by atoms with Crippen molar-refractivity contribution in [2.45, 2.75) is 19.0 Å². The summed E-state index contributed by atoms with van der Waals surface area (Å²) in [5.41, 5.74) is 4.06. The maximum Gasteiger partial charge on any atom is 0.270 e. The van der Waals surface area contributed by atoms with Crippen LogP contribution < -0.4 is 5.32 Å². The second-order valence-corrected chi connectivity index (χ2v) is 8.27. The summed E-state index contributed by atoms with van der Waals surface area (Å²) in [5.74, 6) is -0.160. The molecule has 1 N–H and O–H groups in total. The van der Waals surface area contributed by atoms with E-state index in [1.54, 1.807) is 23.0 Å². The summed E-state index contributed by atoms with van der Waals surface area (Å²) >= 11 is 6.14. The molecule has 0 aliphatic carbocycles. The van der Waals surface area contributed by atoms with Gasteiger partial charge in [-0.2, -0.15) is 5.10 Å². The quantitative estimate of drug-likeness (QED) is 0.517. The van der Waals surface area contributed by atoms with E-state index in [0.717, 1.165) is 37.2 Å². The normalized spacial score (nSPS) is 16.6. The van der Waals surface area contributed by atoms with E-state index in [4.69, 9.17) is 11.6 Å². The highest BCUT2D eigenvalue weighted by atomic mass is 35.5. The van der Waals surface area contributed by atoms with Gasteiger partial charge in [0.1, 0.15) is 5.69 Å². The summed E-state index contributed by atoms with van der Waals surface area (Å²) in [6, 6.07) is 19.8. The molecule has 1 saturated heterocycles. The highest BCUT2D eigenvalue weighted by Crippen LogP contribution is 2.26. The summed E-state index contributed by atoms with van der Waals surface area (Å²) < 4.78 is 1.67. The van der Waals surface area contributed by atoms with Gasteiger partial charge in [-0.05, 0) is 35.7 Å². The van der Waals surface area contributed by atoms with Crippen LogP contribution in [-0.4, -0.2) is 44.5 Å². The van der Waals surface area contributed by atoms with Gasteiger partial charge < -0.3 is 5.32 Å².